The molecule has 0 fully saturated rings. The molecule has 3 rings (SSSR count). The molecule has 1 heterocycles. The minimum absolute atomic E-state index is 0.654. The van der Waals surface area contributed by atoms with Crippen molar-refractivity contribution in [2.45, 2.75) is 6.92 Å². The van der Waals surface area contributed by atoms with Crippen molar-refractivity contribution in [3.05, 3.63) is 57.7 Å². The van der Waals surface area contributed by atoms with Crippen molar-refractivity contribution in [3.63, 3.8) is 0 Å². The second kappa shape index (κ2) is 4.91. The van der Waals surface area contributed by atoms with E-state index in [1.165, 1.54) is 0 Å². The highest BCUT2D eigenvalue weighted by Gasteiger charge is 2.08. The van der Waals surface area contributed by atoms with Gasteiger partial charge in [0.25, 0.3) is 0 Å². The van der Waals surface area contributed by atoms with E-state index in [1.54, 1.807) is 0 Å². The number of para-hydroxylation sites is 1. The van der Waals surface area contributed by atoms with E-state index in [1.807, 2.05) is 49.4 Å². The number of halogens is 2. The standard InChI is InChI=1S/C15H10BrClN2/c1-9-12-3-2-4-13(17)14(12)19-15(18-9)10-5-7-11(16)8-6-10/h2-8H,1H3. The zero-order chi connectivity index (χ0) is 13.4. The number of aryl methyl sites for hydroxylation is 1. The van der Waals surface area contributed by atoms with E-state index < -0.39 is 0 Å². The summed E-state index contributed by atoms with van der Waals surface area (Å²) in [4.78, 5) is 9.13. The van der Waals surface area contributed by atoms with Crippen molar-refractivity contribution in [2.75, 3.05) is 0 Å². The predicted molar refractivity (Wildman–Crippen MR) is 82.4 cm³/mol. The first-order chi connectivity index (χ1) is 9.15. The molecule has 3 aromatic rings. The summed E-state index contributed by atoms with van der Waals surface area (Å²) in [5, 5.41) is 1.65. The number of rotatable bonds is 1. The van der Waals surface area contributed by atoms with Gasteiger partial charge in [0.15, 0.2) is 5.82 Å². The van der Waals surface area contributed by atoms with Crippen LogP contribution in [0, 0.1) is 6.92 Å². The molecule has 0 radical (unpaired) electrons. The van der Waals surface area contributed by atoms with Crippen molar-refractivity contribution < 1.29 is 0 Å². The minimum atomic E-state index is 0.654. The van der Waals surface area contributed by atoms with Crippen LogP contribution < -0.4 is 0 Å². The summed E-state index contributed by atoms with van der Waals surface area (Å²) in [5.41, 5.74) is 2.72. The SMILES string of the molecule is Cc1nc(-c2ccc(Br)cc2)nc2c(Cl)cccc12. The van der Waals surface area contributed by atoms with Crippen LogP contribution in [-0.4, -0.2) is 9.97 Å². The molecule has 0 bridgehead atoms. The highest BCUT2D eigenvalue weighted by Crippen LogP contribution is 2.26. The first-order valence-electron chi connectivity index (χ1n) is 5.84. The van der Waals surface area contributed by atoms with Crippen LogP contribution in [0.4, 0.5) is 0 Å². The van der Waals surface area contributed by atoms with Crippen LogP contribution >= 0.6 is 27.5 Å². The Balaban J connectivity index is 2.25. The first-order valence-corrected chi connectivity index (χ1v) is 7.01. The number of nitrogens with zero attached hydrogens (tertiary/aromatic N) is 2. The molecule has 0 N–H and O–H groups in total. The van der Waals surface area contributed by atoms with Crippen molar-refractivity contribution >= 4 is 38.4 Å². The molecule has 94 valence electrons. The van der Waals surface area contributed by atoms with Gasteiger partial charge in [0.1, 0.15) is 0 Å². The highest BCUT2D eigenvalue weighted by atomic mass is 79.9. The smallest absolute Gasteiger partial charge is 0.160 e. The number of fused-ring (bicyclic) bond motifs is 1. The normalized spacial score (nSPS) is 10.9. The van der Waals surface area contributed by atoms with Crippen molar-refractivity contribution in [2.24, 2.45) is 0 Å². The molecule has 4 heteroatoms. The number of benzene rings is 2. The van der Waals surface area contributed by atoms with Gasteiger partial charge in [0.2, 0.25) is 0 Å². The summed E-state index contributed by atoms with van der Waals surface area (Å²) < 4.78 is 1.03. The Kier molecular flexibility index (Phi) is 3.25. The number of aromatic nitrogens is 2. The van der Waals surface area contributed by atoms with E-state index in [2.05, 4.69) is 25.9 Å². The fourth-order valence-corrected chi connectivity index (χ4v) is 2.48. The Morgan fingerprint density at radius 1 is 1.00 bits per heavy atom. The molecule has 0 aliphatic rings. The maximum absolute atomic E-state index is 6.22. The quantitative estimate of drug-likeness (QED) is 0.625. The van der Waals surface area contributed by atoms with E-state index in [4.69, 9.17) is 11.6 Å². The molecule has 0 aliphatic carbocycles. The molecule has 2 nitrogen and oxygen atoms in total. The molecular formula is C15H10BrClN2. The lowest BCUT2D eigenvalue weighted by molar-refractivity contribution is 1.16. The Morgan fingerprint density at radius 2 is 1.74 bits per heavy atom. The lowest BCUT2D eigenvalue weighted by Crippen LogP contribution is -1.94. The third-order valence-electron chi connectivity index (χ3n) is 2.97. The van der Waals surface area contributed by atoms with Crippen LogP contribution in [0.5, 0.6) is 0 Å². The van der Waals surface area contributed by atoms with Gasteiger partial charge >= 0.3 is 0 Å². The van der Waals surface area contributed by atoms with Gasteiger partial charge in [-0.05, 0) is 25.1 Å². The summed E-state index contributed by atoms with van der Waals surface area (Å²) in [6.07, 6.45) is 0. The monoisotopic (exact) mass is 332 g/mol. The van der Waals surface area contributed by atoms with Crippen LogP contribution in [0.2, 0.25) is 5.02 Å². The maximum atomic E-state index is 6.22. The predicted octanol–water partition coefficient (Wildman–Crippen LogP) is 5.02. The average Bonchev–Trinajstić information content (AvgIpc) is 2.41. The largest absolute Gasteiger partial charge is 0.233 e. The van der Waals surface area contributed by atoms with Crippen molar-refractivity contribution in [1.29, 1.82) is 0 Å². The van der Waals surface area contributed by atoms with Crippen LogP contribution in [0.25, 0.3) is 22.3 Å². The Hall–Kier alpha value is -1.45. The van der Waals surface area contributed by atoms with Gasteiger partial charge in [0, 0.05) is 21.1 Å². The molecule has 0 saturated heterocycles. The molecule has 2 aromatic carbocycles. The molecule has 0 spiro atoms. The van der Waals surface area contributed by atoms with E-state index in [0.29, 0.717) is 10.8 Å². The Morgan fingerprint density at radius 3 is 2.47 bits per heavy atom. The molecule has 0 unspecified atom stereocenters. The van der Waals surface area contributed by atoms with Gasteiger partial charge in [-0.15, -0.1) is 0 Å². The molecule has 19 heavy (non-hydrogen) atoms. The van der Waals surface area contributed by atoms with E-state index in [9.17, 15) is 0 Å². The lowest BCUT2D eigenvalue weighted by Gasteiger charge is -2.07. The first kappa shape index (κ1) is 12.6. The third kappa shape index (κ3) is 2.36. The maximum Gasteiger partial charge on any atom is 0.160 e. The summed E-state index contributed by atoms with van der Waals surface area (Å²) in [6, 6.07) is 13.7. The summed E-state index contributed by atoms with van der Waals surface area (Å²) in [6.45, 7) is 1.97. The zero-order valence-corrected chi connectivity index (χ0v) is 12.5. The van der Waals surface area contributed by atoms with Crippen molar-refractivity contribution in [1.82, 2.24) is 9.97 Å². The third-order valence-corrected chi connectivity index (χ3v) is 3.80. The summed E-state index contributed by atoms with van der Waals surface area (Å²) in [7, 11) is 0. The summed E-state index contributed by atoms with van der Waals surface area (Å²) in [5.74, 6) is 0.700. The van der Waals surface area contributed by atoms with Crippen LogP contribution in [-0.2, 0) is 0 Å². The van der Waals surface area contributed by atoms with Gasteiger partial charge in [0.05, 0.1) is 10.5 Å². The number of hydrogen-bond acceptors (Lipinski definition) is 2. The van der Waals surface area contributed by atoms with Gasteiger partial charge in [-0.25, -0.2) is 9.97 Å². The molecule has 0 saturated carbocycles. The average molecular weight is 334 g/mol. The fraction of sp³-hybridized carbons (Fsp3) is 0.0667. The van der Waals surface area contributed by atoms with Gasteiger partial charge in [-0.3, -0.25) is 0 Å². The summed E-state index contributed by atoms with van der Waals surface area (Å²) >= 11 is 9.64. The molecular weight excluding hydrogens is 324 g/mol. The van der Waals surface area contributed by atoms with Crippen molar-refractivity contribution in [3.8, 4) is 11.4 Å². The minimum Gasteiger partial charge on any atom is -0.233 e. The molecule has 0 aliphatic heterocycles. The van der Waals surface area contributed by atoms with Crippen LogP contribution in [0.1, 0.15) is 5.69 Å². The second-order valence-electron chi connectivity index (χ2n) is 4.28. The zero-order valence-electron chi connectivity index (χ0n) is 10.2. The highest BCUT2D eigenvalue weighted by molar-refractivity contribution is 9.10. The van der Waals surface area contributed by atoms with Gasteiger partial charge in [-0.2, -0.15) is 0 Å². The van der Waals surface area contributed by atoms with Crippen LogP contribution in [0.15, 0.2) is 46.9 Å². The van der Waals surface area contributed by atoms with Crippen LogP contribution in [0.3, 0.4) is 0 Å². The Bertz CT molecular complexity index is 754. The number of hydrogen-bond donors (Lipinski definition) is 0. The molecule has 0 atom stereocenters. The fourth-order valence-electron chi connectivity index (χ4n) is 2.00. The Labute approximate surface area is 124 Å². The van der Waals surface area contributed by atoms with E-state index in [0.717, 1.165) is 26.6 Å². The second-order valence-corrected chi connectivity index (χ2v) is 5.60. The van der Waals surface area contributed by atoms with Gasteiger partial charge < -0.3 is 0 Å². The molecule has 1 aromatic heterocycles. The molecule has 0 amide bonds. The van der Waals surface area contributed by atoms with E-state index in [-0.39, 0.29) is 0 Å². The van der Waals surface area contributed by atoms with E-state index >= 15 is 0 Å². The lowest BCUT2D eigenvalue weighted by atomic mass is 10.1. The topological polar surface area (TPSA) is 25.8 Å². The van der Waals surface area contributed by atoms with Gasteiger partial charge in [-0.1, -0.05) is 51.8 Å².